The van der Waals surface area contributed by atoms with Crippen LogP contribution < -0.4 is 4.74 Å². The third-order valence-corrected chi connectivity index (χ3v) is 5.02. The van der Waals surface area contributed by atoms with Crippen LogP contribution in [0.1, 0.15) is 25.3 Å². The van der Waals surface area contributed by atoms with Crippen molar-refractivity contribution >= 4 is 39.9 Å². The summed E-state index contributed by atoms with van der Waals surface area (Å²) in [5.41, 5.74) is 0.352. The van der Waals surface area contributed by atoms with Crippen molar-refractivity contribution < 1.29 is 14.4 Å². The Hall–Kier alpha value is -2.50. The monoisotopic (exact) mass is 441 g/mol. The number of hydrogen-bond acceptors (Lipinski definition) is 8. The van der Waals surface area contributed by atoms with Gasteiger partial charge < -0.3 is 9.47 Å². The summed E-state index contributed by atoms with van der Waals surface area (Å²) in [5.74, 6) is -0.00528. The lowest BCUT2D eigenvalue weighted by Gasteiger charge is -2.21. The van der Waals surface area contributed by atoms with Gasteiger partial charge >= 0.3 is 11.6 Å². The van der Waals surface area contributed by atoms with Crippen LogP contribution in [0.5, 0.6) is 5.88 Å². The van der Waals surface area contributed by atoms with E-state index < -0.39 is 4.92 Å². The highest BCUT2D eigenvalue weighted by Crippen LogP contribution is 2.29. The molecule has 1 unspecified atom stereocenters. The second-order valence-corrected chi connectivity index (χ2v) is 7.22. The molecule has 0 aliphatic carbocycles. The number of halogens is 2. The number of aryl methyl sites for hydroxylation is 1. The summed E-state index contributed by atoms with van der Waals surface area (Å²) in [4.78, 5) is 18.9. The van der Waals surface area contributed by atoms with Gasteiger partial charge in [-0.1, -0.05) is 11.6 Å². The Morgan fingerprint density at radius 1 is 1.38 bits per heavy atom. The number of rotatable bonds is 7. The Kier molecular flexibility index (Phi) is 5.79. The van der Waals surface area contributed by atoms with Crippen LogP contribution in [0, 0.1) is 10.1 Å². The number of hydrogen-bond donors (Lipinski definition) is 0. The fourth-order valence-electron chi connectivity index (χ4n) is 3.15. The summed E-state index contributed by atoms with van der Waals surface area (Å²) in [7, 11) is 0. The lowest BCUT2D eigenvalue weighted by Crippen LogP contribution is -2.21. The van der Waals surface area contributed by atoms with Gasteiger partial charge in [-0.25, -0.2) is 9.67 Å². The van der Waals surface area contributed by atoms with Crippen molar-refractivity contribution in [3.05, 3.63) is 32.9 Å². The molecule has 1 atom stereocenters. The molecule has 29 heavy (non-hydrogen) atoms. The van der Waals surface area contributed by atoms with E-state index in [-0.39, 0.29) is 34.7 Å². The molecule has 0 bridgehead atoms. The van der Waals surface area contributed by atoms with Gasteiger partial charge in [0.15, 0.2) is 10.8 Å². The van der Waals surface area contributed by atoms with Gasteiger partial charge in [-0.3, -0.25) is 14.8 Å². The summed E-state index contributed by atoms with van der Waals surface area (Å²) in [5, 5.41) is 20.8. The van der Waals surface area contributed by atoms with E-state index in [2.05, 4.69) is 20.2 Å². The molecule has 13 heteroatoms. The maximum atomic E-state index is 11.3. The minimum atomic E-state index is -0.498. The van der Waals surface area contributed by atoms with Crippen LogP contribution in [-0.2, 0) is 11.3 Å². The van der Waals surface area contributed by atoms with Crippen LogP contribution in [0.15, 0.2) is 12.4 Å². The van der Waals surface area contributed by atoms with Gasteiger partial charge in [-0.05, 0) is 24.4 Å². The zero-order chi connectivity index (χ0) is 20.4. The van der Waals surface area contributed by atoms with E-state index in [0.717, 1.165) is 12.8 Å². The van der Waals surface area contributed by atoms with Gasteiger partial charge in [0.25, 0.3) is 0 Å². The predicted octanol–water partition coefficient (Wildman–Crippen LogP) is 3.06. The van der Waals surface area contributed by atoms with Crippen molar-refractivity contribution in [1.29, 1.82) is 0 Å². The number of nitro groups is 1. The molecule has 0 amide bonds. The molecule has 1 fully saturated rings. The largest absolute Gasteiger partial charge is 0.472 e. The van der Waals surface area contributed by atoms with Crippen LogP contribution in [0.4, 0.5) is 5.69 Å². The Balaban J connectivity index is 1.41. The molecule has 11 nitrogen and oxygen atoms in total. The average molecular weight is 442 g/mol. The summed E-state index contributed by atoms with van der Waals surface area (Å²) < 4.78 is 14.2. The highest BCUT2D eigenvalue weighted by Gasteiger charge is 2.25. The molecule has 0 N–H and O–H groups in total. The van der Waals surface area contributed by atoms with E-state index >= 15 is 0 Å². The van der Waals surface area contributed by atoms with E-state index in [1.165, 1.54) is 12.4 Å². The standard InChI is InChI=1S/C16H17Cl2N7O4/c17-13-11-7-19-16(18)20-14(11)23(21-13)4-2-6-29-15-12(25(26)27)8-24(22-15)10-3-1-5-28-9-10/h7-8,10H,1-6,9H2. The lowest BCUT2D eigenvalue weighted by molar-refractivity contribution is -0.386. The molecule has 1 aliphatic rings. The van der Waals surface area contributed by atoms with Crippen molar-refractivity contribution in [2.45, 2.75) is 31.8 Å². The van der Waals surface area contributed by atoms with Crippen LogP contribution in [0.2, 0.25) is 10.4 Å². The number of ether oxygens (including phenoxy) is 2. The number of aromatic nitrogens is 6. The fourth-order valence-corrected chi connectivity index (χ4v) is 3.51. The first kappa shape index (κ1) is 19.8. The molecule has 3 aromatic rings. The summed E-state index contributed by atoms with van der Waals surface area (Å²) in [6.07, 6.45) is 5.16. The van der Waals surface area contributed by atoms with Gasteiger partial charge in [-0.2, -0.15) is 10.1 Å². The minimum absolute atomic E-state index is 0.00528. The second-order valence-electron chi connectivity index (χ2n) is 6.52. The third kappa shape index (κ3) is 4.26. The first-order chi connectivity index (χ1) is 14.0. The van der Waals surface area contributed by atoms with Crippen molar-refractivity contribution in [2.75, 3.05) is 19.8 Å². The van der Waals surface area contributed by atoms with Gasteiger partial charge in [-0.15, -0.1) is 5.10 Å². The summed E-state index contributed by atoms with van der Waals surface area (Å²) in [6, 6.07) is -0.0261. The van der Waals surface area contributed by atoms with Gasteiger partial charge in [0.05, 0.1) is 29.6 Å². The zero-order valence-corrected chi connectivity index (χ0v) is 16.7. The predicted molar refractivity (Wildman–Crippen MR) is 103 cm³/mol. The van der Waals surface area contributed by atoms with Crippen molar-refractivity contribution in [2.24, 2.45) is 0 Å². The molecule has 1 aliphatic heterocycles. The fraction of sp³-hybridized carbons (Fsp3) is 0.500. The smallest absolute Gasteiger partial charge is 0.350 e. The number of fused-ring (bicyclic) bond motifs is 1. The summed E-state index contributed by atoms with van der Waals surface area (Å²) >= 11 is 11.9. The molecule has 1 saturated heterocycles. The molecule has 0 spiro atoms. The minimum Gasteiger partial charge on any atom is -0.472 e. The quantitative estimate of drug-likeness (QED) is 0.237. The Bertz CT molecular complexity index is 1030. The zero-order valence-electron chi connectivity index (χ0n) is 15.2. The molecular formula is C16H17Cl2N7O4. The van der Waals surface area contributed by atoms with E-state index in [4.69, 9.17) is 32.7 Å². The molecule has 0 saturated carbocycles. The summed E-state index contributed by atoms with van der Waals surface area (Å²) in [6.45, 7) is 1.82. The number of nitrogens with zero attached hydrogens (tertiary/aromatic N) is 7. The van der Waals surface area contributed by atoms with Gasteiger partial charge in [0.1, 0.15) is 6.20 Å². The Morgan fingerprint density at radius 3 is 3.00 bits per heavy atom. The van der Waals surface area contributed by atoms with E-state index in [1.54, 1.807) is 9.36 Å². The SMILES string of the molecule is O=[N+]([O-])c1cn(C2CCCOC2)nc1OCCCn1nc(Cl)c2cnc(Cl)nc21. The van der Waals surface area contributed by atoms with Crippen LogP contribution in [-0.4, -0.2) is 54.3 Å². The van der Waals surface area contributed by atoms with Gasteiger partial charge in [0, 0.05) is 25.8 Å². The molecule has 3 aromatic heterocycles. The highest BCUT2D eigenvalue weighted by atomic mass is 35.5. The van der Waals surface area contributed by atoms with Crippen LogP contribution in [0.25, 0.3) is 11.0 Å². The lowest BCUT2D eigenvalue weighted by atomic mass is 10.1. The molecule has 0 radical (unpaired) electrons. The highest BCUT2D eigenvalue weighted by molar-refractivity contribution is 6.34. The van der Waals surface area contributed by atoms with Crippen molar-refractivity contribution in [1.82, 2.24) is 29.5 Å². The van der Waals surface area contributed by atoms with Crippen LogP contribution in [0.3, 0.4) is 0 Å². The first-order valence-corrected chi connectivity index (χ1v) is 9.77. The van der Waals surface area contributed by atoms with Crippen molar-refractivity contribution in [3.8, 4) is 5.88 Å². The van der Waals surface area contributed by atoms with E-state index in [1.807, 2.05) is 0 Å². The molecular weight excluding hydrogens is 425 g/mol. The Morgan fingerprint density at radius 2 is 2.24 bits per heavy atom. The van der Waals surface area contributed by atoms with Gasteiger partial charge in [0.2, 0.25) is 5.28 Å². The van der Waals surface area contributed by atoms with E-state index in [9.17, 15) is 10.1 Å². The second kappa shape index (κ2) is 8.47. The molecule has 4 heterocycles. The normalized spacial score (nSPS) is 17.0. The first-order valence-electron chi connectivity index (χ1n) is 9.01. The average Bonchev–Trinajstić information content (AvgIpc) is 3.27. The maximum absolute atomic E-state index is 11.3. The maximum Gasteiger partial charge on any atom is 0.350 e. The Labute approximate surface area is 174 Å². The van der Waals surface area contributed by atoms with E-state index in [0.29, 0.717) is 37.2 Å². The van der Waals surface area contributed by atoms with Crippen LogP contribution >= 0.6 is 23.2 Å². The third-order valence-electron chi connectivity index (χ3n) is 4.55. The van der Waals surface area contributed by atoms with Crippen molar-refractivity contribution in [3.63, 3.8) is 0 Å². The molecule has 4 rings (SSSR count). The molecule has 154 valence electrons. The topological polar surface area (TPSA) is 123 Å². The molecule has 0 aromatic carbocycles.